The Labute approximate surface area is 130 Å². The molecule has 0 unspecified atom stereocenters. The zero-order chi connectivity index (χ0) is 14.5. The molecule has 2 N–H and O–H groups in total. The molecule has 0 heterocycles. The topological polar surface area (TPSA) is 36.4 Å². The van der Waals surface area contributed by atoms with Crippen LogP contribution in [0.25, 0.3) is 6.08 Å². The number of hydrogen-bond acceptors (Lipinski definition) is 2. The summed E-state index contributed by atoms with van der Waals surface area (Å²) in [5.41, 5.74) is 4.02. The minimum Gasteiger partial charge on any atom is -0.358 e. The van der Waals surface area contributed by atoms with Crippen molar-refractivity contribution in [2.24, 2.45) is 16.9 Å². The molecule has 2 aliphatic carbocycles. The molecule has 3 rings (SSSR count). The fourth-order valence-electron chi connectivity index (χ4n) is 3.00. The summed E-state index contributed by atoms with van der Waals surface area (Å²) in [7, 11) is 0. The second kappa shape index (κ2) is 6.68. The van der Waals surface area contributed by atoms with Crippen LogP contribution in [0.3, 0.4) is 0 Å². The lowest BCUT2D eigenvalue weighted by molar-refractivity contribution is 0.521. The van der Waals surface area contributed by atoms with Gasteiger partial charge in [0, 0.05) is 12.3 Å². The van der Waals surface area contributed by atoms with Crippen molar-refractivity contribution in [2.45, 2.75) is 18.9 Å². The first-order chi connectivity index (χ1) is 10.3. The van der Waals surface area contributed by atoms with Crippen molar-refractivity contribution in [2.75, 3.05) is 0 Å². The molecule has 0 aliphatic heterocycles. The normalized spacial score (nSPS) is 26.8. The number of nitrogens with one attached hydrogen (secondary N) is 2. The maximum absolute atomic E-state index is 5.27. The van der Waals surface area contributed by atoms with E-state index in [0.29, 0.717) is 17.1 Å². The highest BCUT2D eigenvalue weighted by molar-refractivity contribution is 7.80. The Morgan fingerprint density at radius 2 is 2.05 bits per heavy atom. The summed E-state index contributed by atoms with van der Waals surface area (Å²) in [6.45, 7) is 0. The molecule has 3 nitrogen and oxygen atoms in total. The molecule has 21 heavy (non-hydrogen) atoms. The van der Waals surface area contributed by atoms with Gasteiger partial charge in [0.1, 0.15) is 0 Å². The Kier molecular flexibility index (Phi) is 4.46. The predicted octanol–water partition coefficient (Wildman–Crippen LogP) is 3.11. The highest BCUT2D eigenvalue weighted by Gasteiger charge is 2.35. The van der Waals surface area contributed by atoms with Crippen LogP contribution in [0, 0.1) is 11.8 Å². The fraction of sp³-hybridized carbons (Fsp3) is 0.294. The van der Waals surface area contributed by atoms with Crippen LogP contribution in [0.4, 0.5) is 0 Å². The Morgan fingerprint density at radius 1 is 1.19 bits per heavy atom. The summed E-state index contributed by atoms with van der Waals surface area (Å²) in [6, 6.07) is 10.6. The van der Waals surface area contributed by atoms with Crippen LogP contribution in [0.15, 0.2) is 53.7 Å². The van der Waals surface area contributed by atoms with E-state index in [1.165, 1.54) is 12.8 Å². The van der Waals surface area contributed by atoms with E-state index in [9.17, 15) is 0 Å². The van der Waals surface area contributed by atoms with Gasteiger partial charge in [-0.1, -0.05) is 48.6 Å². The Morgan fingerprint density at radius 3 is 2.76 bits per heavy atom. The first-order valence-electron chi connectivity index (χ1n) is 7.31. The molecule has 0 amide bonds. The van der Waals surface area contributed by atoms with Crippen molar-refractivity contribution >= 4 is 29.6 Å². The van der Waals surface area contributed by atoms with E-state index in [2.05, 4.69) is 28.0 Å². The van der Waals surface area contributed by atoms with Gasteiger partial charge in [-0.2, -0.15) is 5.10 Å². The van der Waals surface area contributed by atoms with Crippen molar-refractivity contribution < 1.29 is 0 Å². The molecule has 1 aromatic rings. The van der Waals surface area contributed by atoms with E-state index in [1.54, 1.807) is 6.21 Å². The van der Waals surface area contributed by atoms with Crippen LogP contribution in [0.1, 0.15) is 18.4 Å². The summed E-state index contributed by atoms with van der Waals surface area (Å²) < 4.78 is 0. The van der Waals surface area contributed by atoms with Crippen molar-refractivity contribution in [3.8, 4) is 0 Å². The summed E-state index contributed by atoms with van der Waals surface area (Å²) in [5, 5.41) is 8.06. The highest BCUT2D eigenvalue weighted by Crippen LogP contribution is 2.38. The van der Waals surface area contributed by atoms with Crippen LogP contribution < -0.4 is 10.7 Å². The van der Waals surface area contributed by atoms with Gasteiger partial charge in [0.15, 0.2) is 5.11 Å². The smallest absolute Gasteiger partial charge is 0.187 e. The maximum atomic E-state index is 5.27. The maximum Gasteiger partial charge on any atom is 0.187 e. The number of hydrogen-bond donors (Lipinski definition) is 2. The van der Waals surface area contributed by atoms with E-state index in [0.717, 1.165) is 11.5 Å². The molecule has 0 radical (unpaired) electrons. The van der Waals surface area contributed by atoms with Crippen LogP contribution in [0.5, 0.6) is 0 Å². The number of benzene rings is 1. The van der Waals surface area contributed by atoms with Crippen LogP contribution >= 0.6 is 12.2 Å². The molecule has 3 atom stereocenters. The minimum absolute atomic E-state index is 0.468. The number of nitrogens with zero attached hydrogens (tertiary/aromatic N) is 1. The second-order valence-corrected chi connectivity index (χ2v) is 5.93. The predicted molar refractivity (Wildman–Crippen MR) is 92.0 cm³/mol. The molecular weight excluding hydrogens is 278 g/mol. The second-order valence-electron chi connectivity index (χ2n) is 5.52. The zero-order valence-electron chi connectivity index (χ0n) is 11.8. The summed E-state index contributed by atoms with van der Waals surface area (Å²) in [4.78, 5) is 0. The Hall–Kier alpha value is -1.94. The molecule has 4 heteroatoms. The van der Waals surface area contributed by atoms with Gasteiger partial charge in [0.2, 0.25) is 0 Å². The Bertz CT molecular complexity index is 577. The zero-order valence-corrected chi connectivity index (χ0v) is 12.6. The summed E-state index contributed by atoms with van der Waals surface area (Å²) >= 11 is 5.27. The number of hydrazone groups is 1. The van der Waals surface area contributed by atoms with Gasteiger partial charge in [0.25, 0.3) is 0 Å². The van der Waals surface area contributed by atoms with E-state index in [1.807, 2.05) is 42.5 Å². The molecule has 1 aromatic carbocycles. The van der Waals surface area contributed by atoms with Crippen molar-refractivity contribution in [1.82, 2.24) is 10.7 Å². The third-order valence-electron chi connectivity index (χ3n) is 4.01. The molecule has 1 saturated carbocycles. The molecule has 0 aromatic heterocycles. The number of allylic oxidation sites excluding steroid dienone is 2. The van der Waals surface area contributed by atoms with Crippen molar-refractivity contribution in [3.05, 3.63) is 54.1 Å². The summed E-state index contributed by atoms with van der Waals surface area (Å²) in [6.07, 6.45) is 12.7. The van der Waals surface area contributed by atoms with Gasteiger partial charge in [-0.3, -0.25) is 5.43 Å². The lowest BCUT2D eigenvalue weighted by Crippen LogP contribution is -2.41. The van der Waals surface area contributed by atoms with E-state index in [-0.39, 0.29) is 0 Å². The molecule has 2 bridgehead atoms. The SMILES string of the molecule is S=C(N/N=C\C=C\c1ccccc1)N[C@@H]1C[C@H]2C=C[C@@H]1C2. The van der Waals surface area contributed by atoms with E-state index >= 15 is 0 Å². The van der Waals surface area contributed by atoms with Gasteiger partial charge in [0.05, 0.1) is 0 Å². The number of thiocarbonyl (C=S) groups is 1. The van der Waals surface area contributed by atoms with E-state index < -0.39 is 0 Å². The Balaban J connectivity index is 1.40. The first-order valence-corrected chi connectivity index (χ1v) is 7.72. The largest absolute Gasteiger partial charge is 0.358 e. The van der Waals surface area contributed by atoms with Gasteiger partial charge < -0.3 is 5.32 Å². The third kappa shape index (κ3) is 3.79. The number of fused-ring (bicyclic) bond motifs is 2. The average molecular weight is 297 g/mol. The molecule has 108 valence electrons. The van der Waals surface area contributed by atoms with Crippen molar-refractivity contribution in [1.29, 1.82) is 0 Å². The van der Waals surface area contributed by atoms with E-state index in [4.69, 9.17) is 12.2 Å². The molecule has 0 saturated heterocycles. The highest BCUT2D eigenvalue weighted by atomic mass is 32.1. The molecule has 1 fully saturated rings. The lowest BCUT2D eigenvalue weighted by Gasteiger charge is -2.20. The average Bonchev–Trinajstić information content (AvgIpc) is 3.10. The summed E-state index contributed by atoms with van der Waals surface area (Å²) in [5.74, 6) is 1.38. The van der Waals surface area contributed by atoms with Gasteiger partial charge in [-0.15, -0.1) is 0 Å². The minimum atomic E-state index is 0.468. The monoisotopic (exact) mass is 297 g/mol. The quantitative estimate of drug-likeness (QED) is 0.388. The van der Waals surface area contributed by atoms with Crippen LogP contribution in [0.2, 0.25) is 0 Å². The molecule has 2 aliphatic rings. The van der Waals surface area contributed by atoms with Gasteiger partial charge in [-0.25, -0.2) is 0 Å². The first kappa shape index (κ1) is 14.0. The van der Waals surface area contributed by atoms with Crippen molar-refractivity contribution in [3.63, 3.8) is 0 Å². The van der Waals surface area contributed by atoms with Crippen LogP contribution in [-0.4, -0.2) is 17.4 Å². The van der Waals surface area contributed by atoms with Gasteiger partial charge >= 0.3 is 0 Å². The third-order valence-corrected chi connectivity index (χ3v) is 4.22. The lowest BCUT2D eigenvalue weighted by atomic mass is 10.0. The van der Waals surface area contributed by atoms with Gasteiger partial charge in [-0.05, 0) is 48.5 Å². The molecule has 0 spiro atoms. The van der Waals surface area contributed by atoms with Crippen LogP contribution in [-0.2, 0) is 0 Å². The number of rotatable bonds is 4. The molecular formula is C17H19N3S. The fourth-order valence-corrected chi connectivity index (χ4v) is 3.21. The standard InChI is InChI=1S/C17H19N3S/c21-17(19-16-12-14-8-9-15(16)11-14)20-18-10-4-7-13-5-2-1-3-6-13/h1-10,14-16H,11-12H2,(H2,19,20,21)/b7-4+,18-10-/t14-,15+,16+/m0/s1.